The van der Waals surface area contributed by atoms with E-state index in [4.69, 9.17) is 13.6 Å². The summed E-state index contributed by atoms with van der Waals surface area (Å²) in [6.07, 6.45) is 3.13. The lowest BCUT2D eigenvalue weighted by Gasteiger charge is -2.10. The number of furan rings is 1. The average molecular weight is 399 g/mol. The van der Waals surface area contributed by atoms with Crippen LogP contribution in [0.2, 0.25) is 0 Å². The van der Waals surface area contributed by atoms with E-state index in [-0.39, 0.29) is 29.3 Å². The number of benzene rings is 2. The van der Waals surface area contributed by atoms with E-state index < -0.39 is 0 Å². The summed E-state index contributed by atoms with van der Waals surface area (Å²) in [5, 5.41) is 1.18. The summed E-state index contributed by atoms with van der Waals surface area (Å²) in [4.78, 5) is 29.0. The molecule has 2 aromatic carbocycles. The van der Waals surface area contributed by atoms with E-state index in [0.29, 0.717) is 22.3 Å². The summed E-state index contributed by atoms with van der Waals surface area (Å²) in [6.45, 7) is 1.61. The maximum Gasteiger partial charge on any atom is 0.235 e. The Labute approximate surface area is 170 Å². The molecule has 0 bridgehead atoms. The molecule has 0 spiro atoms. The molecule has 3 aromatic heterocycles. The van der Waals surface area contributed by atoms with Gasteiger partial charge in [-0.2, -0.15) is 0 Å². The molecule has 1 N–H and O–H groups in total. The molecule has 0 atom stereocenters. The number of Topliss-reactive ketones (excluding diaryl/α,β-unsaturated/α-hetero) is 1. The van der Waals surface area contributed by atoms with Gasteiger partial charge in [-0.25, -0.2) is 0 Å². The second-order valence-corrected chi connectivity index (χ2v) is 7.03. The molecule has 0 aliphatic heterocycles. The summed E-state index contributed by atoms with van der Waals surface area (Å²) in [5.74, 6) is 0.218. The molecule has 6 heteroatoms. The molecule has 148 valence electrons. The maximum absolute atomic E-state index is 13.1. The Morgan fingerprint density at radius 2 is 1.93 bits per heavy atom. The van der Waals surface area contributed by atoms with E-state index in [1.165, 1.54) is 6.26 Å². The number of ether oxygens (including phenoxy) is 1. The number of hydrogen-bond donors (Lipinski definition) is 1. The van der Waals surface area contributed by atoms with E-state index in [0.717, 1.165) is 16.5 Å². The van der Waals surface area contributed by atoms with Crippen molar-refractivity contribution < 1.29 is 18.4 Å². The summed E-state index contributed by atoms with van der Waals surface area (Å²) in [7, 11) is 0. The molecule has 0 radical (unpaired) electrons. The van der Waals surface area contributed by atoms with Crippen molar-refractivity contribution in [2.75, 3.05) is 6.61 Å². The lowest BCUT2D eigenvalue weighted by atomic mass is 10.1. The Hall–Kier alpha value is -4.06. The second kappa shape index (κ2) is 7.08. The molecule has 6 nitrogen and oxygen atoms in total. The van der Waals surface area contributed by atoms with Crippen LogP contribution in [0.3, 0.4) is 0 Å². The molecular weight excluding hydrogens is 382 g/mol. The number of rotatable bonds is 5. The highest BCUT2D eigenvalue weighted by atomic mass is 16.5. The minimum Gasteiger partial charge on any atom is -0.478 e. The number of hydrogen-bond acceptors (Lipinski definition) is 5. The first-order valence-electron chi connectivity index (χ1n) is 9.45. The van der Waals surface area contributed by atoms with Gasteiger partial charge in [0.15, 0.2) is 12.4 Å². The largest absolute Gasteiger partial charge is 0.478 e. The van der Waals surface area contributed by atoms with Gasteiger partial charge in [0.1, 0.15) is 5.58 Å². The van der Waals surface area contributed by atoms with Gasteiger partial charge in [0.25, 0.3) is 0 Å². The first-order chi connectivity index (χ1) is 14.6. The van der Waals surface area contributed by atoms with Crippen molar-refractivity contribution in [1.29, 1.82) is 0 Å². The molecule has 3 heterocycles. The zero-order valence-electron chi connectivity index (χ0n) is 16.1. The van der Waals surface area contributed by atoms with Crippen LogP contribution in [0.5, 0.6) is 5.75 Å². The number of nitrogens with one attached hydrogen (secondary N) is 1. The third-order valence-corrected chi connectivity index (χ3v) is 4.99. The Balaban J connectivity index is 1.55. The first kappa shape index (κ1) is 18.0. The predicted octanol–water partition coefficient (Wildman–Crippen LogP) is 5.10. The third kappa shape index (κ3) is 2.99. The monoisotopic (exact) mass is 399 g/mol. The average Bonchev–Trinajstić information content (AvgIpc) is 3.42. The number of H-pyrrole nitrogens is 1. The predicted molar refractivity (Wildman–Crippen MR) is 113 cm³/mol. The van der Waals surface area contributed by atoms with Crippen LogP contribution in [-0.2, 0) is 0 Å². The van der Waals surface area contributed by atoms with Gasteiger partial charge in [0.2, 0.25) is 22.7 Å². The van der Waals surface area contributed by atoms with Crippen LogP contribution in [-0.4, -0.2) is 17.4 Å². The highest BCUT2D eigenvalue weighted by Gasteiger charge is 2.21. The van der Waals surface area contributed by atoms with Gasteiger partial charge in [0.05, 0.1) is 11.6 Å². The van der Waals surface area contributed by atoms with Gasteiger partial charge in [-0.15, -0.1) is 0 Å². The van der Waals surface area contributed by atoms with Gasteiger partial charge in [-0.3, -0.25) is 9.59 Å². The minimum atomic E-state index is -0.352. The molecule has 0 amide bonds. The fraction of sp³-hybridized carbons (Fsp3) is 0.0833. The SMILES string of the molecule is Cc1ccc2c(=O)c(OCC(=O)c3c[nH]c4ccccc34)c(-c3ccco3)oc2c1. The zero-order valence-corrected chi connectivity index (χ0v) is 16.1. The van der Waals surface area contributed by atoms with E-state index in [1.54, 1.807) is 30.5 Å². The van der Waals surface area contributed by atoms with Crippen molar-refractivity contribution in [3.63, 3.8) is 0 Å². The van der Waals surface area contributed by atoms with Crippen molar-refractivity contribution in [3.8, 4) is 17.3 Å². The van der Waals surface area contributed by atoms with Crippen LogP contribution in [0, 0.1) is 6.92 Å². The van der Waals surface area contributed by atoms with E-state index in [9.17, 15) is 9.59 Å². The molecule has 0 unspecified atom stereocenters. The quantitative estimate of drug-likeness (QED) is 0.415. The standard InChI is InChI=1S/C24H17NO5/c1-14-8-9-16-21(11-14)30-23(20-7-4-10-28-20)24(22(16)27)29-13-19(26)17-12-25-18-6-3-2-5-15(17)18/h2-12,25H,13H2,1H3. The van der Waals surface area contributed by atoms with Crippen molar-refractivity contribution in [2.45, 2.75) is 6.92 Å². The molecule has 0 fully saturated rings. The minimum absolute atomic E-state index is 0.0468. The Kier molecular flexibility index (Phi) is 4.25. The Morgan fingerprint density at radius 3 is 2.77 bits per heavy atom. The van der Waals surface area contributed by atoms with Crippen molar-refractivity contribution in [2.24, 2.45) is 0 Å². The van der Waals surface area contributed by atoms with Gasteiger partial charge < -0.3 is 18.6 Å². The van der Waals surface area contributed by atoms with Crippen molar-refractivity contribution in [1.82, 2.24) is 4.98 Å². The van der Waals surface area contributed by atoms with Gasteiger partial charge in [-0.1, -0.05) is 24.3 Å². The number of aryl methyl sites for hydroxylation is 1. The molecule has 0 saturated carbocycles. The smallest absolute Gasteiger partial charge is 0.235 e. The third-order valence-electron chi connectivity index (χ3n) is 4.99. The molecule has 5 rings (SSSR count). The van der Waals surface area contributed by atoms with Crippen LogP contribution < -0.4 is 10.2 Å². The molecule has 0 saturated heterocycles. The van der Waals surface area contributed by atoms with Crippen molar-refractivity contribution in [3.05, 3.63) is 88.4 Å². The molecule has 0 aliphatic rings. The number of carbonyl (C=O) groups is 1. The van der Waals surface area contributed by atoms with E-state index in [1.807, 2.05) is 37.3 Å². The van der Waals surface area contributed by atoms with Crippen LogP contribution in [0.4, 0.5) is 0 Å². The Bertz CT molecular complexity index is 1440. The normalized spacial score (nSPS) is 11.2. The number of para-hydroxylation sites is 1. The number of ketones is 1. The number of carbonyl (C=O) groups excluding carboxylic acids is 1. The maximum atomic E-state index is 13.1. The van der Waals surface area contributed by atoms with Gasteiger partial charge in [-0.05, 0) is 42.8 Å². The van der Waals surface area contributed by atoms with Crippen LogP contribution in [0.15, 0.2) is 80.7 Å². The highest BCUT2D eigenvalue weighted by Crippen LogP contribution is 2.31. The number of fused-ring (bicyclic) bond motifs is 2. The summed E-state index contributed by atoms with van der Waals surface area (Å²) >= 11 is 0. The summed E-state index contributed by atoms with van der Waals surface area (Å²) < 4.78 is 17.1. The van der Waals surface area contributed by atoms with Crippen LogP contribution >= 0.6 is 0 Å². The van der Waals surface area contributed by atoms with Gasteiger partial charge in [0, 0.05) is 22.7 Å². The summed E-state index contributed by atoms with van der Waals surface area (Å²) in [5.41, 5.74) is 2.40. The Morgan fingerprint density at radius 1 is 1.07 bits per heavy atom. The van der Waals surface area contributed by atoms with Gasteiger partial charge >= 0.3 is 0 Å². The highest BCUT2D eigenvalue weighted by molar-refractivity contribution is 6.08. The molecular formula is C24H17NO5. The first-order valence-corrected chi connectivity index (χ1v) is 9.45. The lowest BCUT2D eigenvalue weighted by molar-refractivity contribution is 0.0922. The second-order valence-electron chi connectivity index (χ2n) is 7.03. The van der Waals surface area contributed by atoms with E-state index >= 15 is 0 Å². The summed E-state index contributed by atoms with van der Waals surface area (Å²) in [6, 6.07) is 16.2. The molecule has 5 aromatic rings. The number of aromatic amines is 1. The zero-order chi connectivity index (χ0) is 20.7. The fourth-order valence-corrected chi connectivity index (χ4v) is 3.50. The van der Waals surface area contributed by atoms with Crippen LogP contribution in [0.1, 0.15) is 15.9 Å². The molecule has 0 aliphatic carbocycles. The van der Waals surface area contributed by atoms with Crippen molar-refractivity contribution >= 4 is 27.7 Å². The number of aromatic nitrogens is 1. The topological polar surface area (TPSA) is 85.4 Å². The fourth-order valence-electron chi connectivity index (χ4n) is 3.50. The van der Waals surface area contributed by atoms with Crippen LogP contribution in [0.25, 0.3) is 33.4 Å². The lowest BCUT2D eigenvalue weighted by Crippen LogP contribution is -2.17. The molecule has 30 heavy (non-hydrogen) atoms. The van der Waals surface area contributed by atoms with E-state index in [2.05, 4.69) is 4.98 Å².